The van der Waals surface area contributed by atoms with E-state index in [0.29, 0.717) is 27.3 Å². The molecule has 0 radical (unpaired) electrons. The Morgan fingerprint density at radius 1 is 1.05 bits per heavy atom. The van der Waals surface area contributed by atoms with Crippen molar-refractivity contribution in [1.29, 1.82) is 0 Å². The van der Waals surface area contributed by atoms with Gasteiger partial charge < -0.3 is 15.5 Å². The highest BCUT2D eigenvalue weighted by molar-refractivity contribution is 7.94. The van der Waals surface area contributed by atoms with Gasteiger partial charge in [0.25, 0.3) is 15.9 Å². The normalized spacial score (nSPS) is 12.6. The first-order valence-corrected chi connectivity index (χ1v) is 14.4. The van der Waals surface area contributed by atoms with E-state index in [1.807, 2.05) is 30.3 Å². The number of hydrogen-bond donors (Lipinski definition) is 4. The number of amides is 1. The average Bonchev–Trinajstić information content (AvgIpc) is 3.40. The predicted octanol–water partition coefficient (Wildman–Crippen LogP) is 4.21. The van der Waals surface area contributed by atoms with Gasteiger partial charge in [-0.1, -0.05) is 48.0 Å². The third kappa shape index (κ3) is 6.19. The molecule has 0 fully saturated rings. The topological polar surface area (TPSA) is 134 Å². The van der Waals surface area contributed by atoms with Crippen molar-refractivity contribution in [3.8, 4) is 0 Å². The van der Waals surface area contributed by atoms with Gasteiger partial charge in [0.2, 0.25) is 0 Å². The van der Waals surface area contributed by atoms with Crippen molar-refractivity contribution in [2.75, 3.05) is 4.72 Å². The lowest BCUT2D eigenvalue weighted by molar-refractivity contribution is -0.136. The molecule has 202 valence electrons. The van der Waals surface area contributed by atoms with Gasteiger partial charge in [-0.25, -0.2) is 8.42 Å². The fourth-order valence-corrected chi connectivity index (χ4v) is 6.45. The van der Waals surface area contributed by atoms with Gasteiger partial charge >= 0.3 is 0 Å². The van der Waals surface area contributed by atoms with Crippen molar-refractivity contribution >= 4 is 55.6 Å². The zero-order valence-electron chi connectivity index (χ0n) is 21.3. The van der Waals surface area contributed by atoms with Gasteiger partial charge in [-0.05, 0) is 62.6 Å². The Kier molecular flexibility index (Phi) is 7.61. The van der Waals surface area contributed by atoms with Crippen LogP contribution < -0.4 is 10.0 Å². The maximum Gasteiger partial charge on any atom is 0.272 e. The van der Waals surface area contributed by atoms with Crippen LogP contribution in [0, 0.1) is 0 Å². The highest BCUT2D eigenvalue weighted by Crippen LogP contribution is 2.35. The molecule has 0 saturated heterocycles. The summed E-state index contributed by atoms with van der Waals surface area (Å²) in [6, 6.07) is 15.8. The Bertz CT molecular complexity index is 1600. The number of benzene rings is 2. The standard InChI is InChI=1S/C26H29ClN4O5S2/c1-25(2,33)18-9-6-10-19-22(18)23(30-38(35,36)21-12-11-20(27)37-21)29-31(19)15-17-8-5-7-16(13-17)14-28-24(32)26(3,4)34/h5-13,33-34H,14-15H2,1-4H3,(H,28,32)(H,29,30). The molecular formula is C26H29ClN4O5S2. The second kappa shape index (κ2) is 10.3. The highest BCUT2D eigenvalue weighted by atomic mass is 35.5. The fraction of sp³-hybridized carbons (Fsp3) is 0.308. The van der Waals surface area contributed by atoms with E-state index < -0.39 is 27.1 Å². The SMILES string of the molecule is CC(C)(O)C(=O)NCc1cccc(Cn2nc(NS(=O)(=O)c3ccc(Cl)s3)c3c(C(C)(C)O)cccc32)c1. The summed E-state index contributed by atoms with van der Waals surface area (Å²) in [7, 11) is -3.97. The van der Waals surface area contributed by atoms with E-state index in [0.717, 1.165) is 22.5 Å². The van der Waals surface area contributed by atoms with Crippen molar-refractivity contribution in [3.63, 3.8) is 0 Å². The summed E-state index contributed by atoms with van der Waals surface area (Å²) in [5.41, 5.74) is 0.0840. The molecule has 1 amide bonds. The van der Waals surface area contributed by atoms with Gasteiger partial charge in [0.1, 0.15) is 9.81 Å². The van der Waals surface area contributed by atoms with E-state index in [2.05, 4.69) is 15.1 Å². The molecular weight excluding hydrogens is 548 g/mol. The van der Waals surface area contributed by atoms with E-state index in [4.69, 9.17) is 11.6 Å². The molecule has 4 N–H and O–H groups in total. The lowest BCUT2D eigenvalue weighted by Crippen LogP contribution is -2.41. The molecule has 9 nitrogen and oxygen atoms in total. The number of carbonyl (C=O) groups is 1. The molecule has 4 aromatic rings. The monoisotopic (exact) mass is 576 g/mol. The minimum atomic E-state index is -3.97. The molecule has 4 rings (SSSR count). The van der Waals surface area contributed by atoms with Crippen molar-refractivity contribution < 1.29 is 23.4 Å². The number of sulfonamides is 1. The molecule has 0 spiro atoms. The molecule has 0 saturated carbocycles. The molecule has 0 aliphatic carbocycles. The summed E-state index contributed by atoms with van der Waals surface area (Å²) in [4.78, 5) is 12.0. The van der Waals surface area contributed by atoms with Gasteiger partial charge in [-0.2, -0.15) is 5.10 Å². The van der Waals surface area contributed by atoms with Gasteiger partial charge in [0.15, 0.2) is 5.82 Å². The number of carbonyl (C=O) groups excluding carboxylic acids is 1. The number of nitrogens with zero attached hydrogens (tertiary/aromatic N) is 2. The number of thiophene rings is 1. The molecule has 2 aromatic heterocycles. The Hall–Kier alpha value is -2.96. The first kappa shape index (κ1) is 28.1. The number of anilines is 1. The summed E-state index contributed by atoms with van der Waals surface area (Å²) in [6.45, 7) is 6.62. The fourth-order valence-electron chi connectivity index (χ4n) is 3.96. The Morgan fingerprint density at radius 3 is 2.37 bits per heavy atom. The summed E-state index contributed by atoms with van der Waals surface area (Å²) in [5.74, 6) is -0.389. The lowest BCUT2D eigenvalue weighted by atomic mass is 9.95. The number of halogens is 1. The molecule has 0 aliphatic rings. The van der Waals surface area contributed by atoms with E-state index >= 15 is 0 Å². The van der Waals surface area contributed by atoms with Crippen LogP contribution in [-0.2, 0) is 33.5 Å². The van der Waals surface area contributed by atoms with E-state index in [1.165, 1.54) is 26.0 Å². The van der Waals surface area contributed by atoms with Gasteiger partial charge in [0.05, 0.1) is 27.4 Å². The van der Waals surface area contributed by atoms with Crippen molar-refractivity contribution in [1.82, 2.24) is 15.1 Å². The van der Waals surface area contributed by atoms with Crippen LogP contribution in [0.1, 0.15) is 44.4 Å². The largest absolute Gasteiger partial charge is 0.386 e. The smallest absolute Gasteiger partial charge is 0.272 e. The van der Waals surface area contributed by atoms with Crippen molar-refractivity contribution in [3.05, 3.63) is 75.6 Å². The van der Waals surface area contributed by atoms with Crippen LogP contribution >= 0.6 is 22.9 Å². The van der Waals surface area contributed by atoms with Crippen LogP contribution in [0.4, 0.5) is 5.82 Å². The molecule has 38 heavy (non-hydrogen) atoms. The predicted molar refractivity (Wildman–Crippen MR) is 149 cm³/mol. The van der Waals surface area contributed by atoms with E-state index in [9.17, 15) is 23.4 Å². The van der Waals surface area contributed by atoms with Crippen LogP contribution in [0.5, 0.6) is 0 Å². The minimum absolute atomic E-state index is 0.0479. The molecule has 0 atom stereocenters. The number of fused-ring (bicyclic) bond motifs is 1. The van der Waals surface area contributed by atoms with Crippen LogP contribution in [-0.4, -0.2) is 39.9 Å². The van der Waals surface area contributed by atoms with Crippen LogP contribution in [0.25, 0.3) is 10.9 Å². The number of aromatic nitrogens is 2. The maximum absolute atomic E-state index is 13.1. The summed E-state index contributed by atoms with van der Waals surface area (Å²) in [5, 5.41) is 28.5. The summed E-state index contributed by atoms with van der Waals surface area (Å²) >= 11 is 6.89. The zero-order chi connectivity index (χ0) is 27.9. The molecule has 0 bridgehead atoms. The summed E-state index contributed by atoms with van der Waals surface area (Å²) < 4.78 is 30.8. The van der Waals surface area contributed by atoms with Crippen molar-refractivity contribution in [2.24, 2.45) is 0 Å². The second-order valence-corrected chi connectivity index (χ2v) is 13.6. The molecule has 12 heteroatoms. The number of hydrogen-bond acceptors (Lipinski definition) is 7. The minimum Gasteiger partial charge on any atom is -0.386 e. The highest BCUT2D eigenvalue weighted by Gasteiger charge is 2.27. The van der Waals surface area contributed by atoms with Crippen LogP contribution in [0.3, 0.4) is 0 Å². The molecule has 2 aromatic carbocycles. The molecule has 0 unspecified atom stereocenters. The van der Waals surface area contributed by atoms with Crippen LogP contribution in [0.2, 0.25) is 4.34 Å². The summed E-state index contributed by atoms with van der Waals surface area (Å²) in [6.07, 6.45) is 0. The number of rotatable bonds is 9. The quantitative estimate of drug-likeness (QED) is 0.236. The lowest BCUT2D eigenvalue weighted by Gasteiger charge is -2.19. The number of nitrogens with one attached hydrogen (secondary N) is 2. The maximum atomic E-state index is 13.1. The third-order valence-electron chi connectivity index (χ3n) is 5.81. The average molecular weight is 577 g/mol. The van der Waals surface area contributed by atoms with Crippen LogP contribution in [0.15, 0.2) is 58.8 Å². The Morgan fingerprint density at radius 2 is 1.74 bits per heavy atom. The van der Waals surface area contributed by atoms with Gasteiger partial charge in [-0.3, -0.25) is 14.2 Å². The van der Waals surface area contributed by atoms with E-state index in [1.54, 1.807) is 30.7 Å². The Labute approximate surface area is 230 Å². The van der Waals surface area contributed by atoms with E-state index in [-0.39, 0.29) is 16.6 Å². The van der Waals surface area contributed by atoms with Gasteiger partial charge in [-0.15, -0.1) is 11.3 Å². The second-order valence-electron chi connectivity index (χ2n) is 9.99. The first-order valence-electron chi connectivity index (χ1n) is 11.7. The zero-order valence-corrected chi connectivity index (χ0v) is 23.7. The third-order valence-corrected chi connectivity index (χ3v) is 8.88. The molecule has 0 aliphatic heterocycles. The van der Waals surface area contributed by atoms with Gasteiger partial charge in [0, 0.05) is 6.54 Å². The molecule has 2 heterocycles. The first-order chi connectivity index (χ1) is 17.6. The Balaban J connectivity index is 1.72. The number of aliphatic hydroxyl groups is 2. The van der Waals surface area contributed by atoms with Crippen molar-refractivity contribution in [2.45, 2.75) is 56.2 Å².